The molecule has 0 aromatic heterocycles. The van der Waals surface area contributed by atoms with Gasteiger partial charge in [-0.05, 0) is 37.3 Å². The van der Waals surface area contributed by atoms with Crippen LogP contribution >= 0.6 is 0 Å². The number of rotatable bonds is 4. The highest BCUT2D eigenvalue weighted by molar-refractivity contribution is 5.35. The highest BCUT2D eigenvalue weighted by Crippen LogP contribution is 2.28. The molecule has 2 atom stereocenters. The molecular formula is C16H23NO2. The molecule has 19 heavy (non-hydrogen) atoms. The van der Waals surface area contributed by atoms with E-state index in [0.717, 1.165) is 18.6 Å². The molecule has 0 unspecified atom stereocenters. The molecule has 2 aliphatic rings. The third-order valence-corrected chi connectivity index (χ3v) is 4.35. The third kappa shape index (κ3) is 3.10. The minimum Gasteiger partial charge on any atom is -0.487 e. The number of aliphatic hydroxyl groups excluding tert-OH is 1. The zero-order valence-corrected chi connectivity index (χ0v) is 11.3. The predicted octanol–water partition coefficient (Wildman–Crippen LogP) is 2.27. The normalized spacial score (nSPS) is 24.8. The van der Waals surface area contributed by atoms with Crippen molar-refractivity contribution in [2.75, 3.05) is 6.54 Å². The Bertz CT molecular complexity index is 415. The van der Waals surface area contributed by atoms with E-state index in [0.29, 0.717) is 12.6 Å². The molecule has 1 fully saturated rings. The summed E-state index contributed by atoms with van der Waals surface area (Å²) in [5, 5.41) is 13.7. The maximum atomic E-state index is 10.3. The summed E-state index contributed by atoms with van der Waals surface area (Å²) in [6, 6.07) is 8.74. The van der Waals surface area contributed by atoms with Gasteiger partial charge in [-0.25, -0.2) is 0 Å². The molecule has 1 heterocycles. The molecule has 2 N–H and O–H groups in total. The number of ether oxygens (including phenoxy) is 1. The first-order valence-electron chi connectivity index (χ1n) is 7.49. The molecule has 0 radical (unpaired) electrons. The van der Waals surface area contributed by atoms with Crippen molar-refractivity contribution >= 4 is 0 Å². The van der Waals surface area contributed by atoms with E-state index in [4.69, 9.17) is 4.74 Å². The molecule has 1 aliphatic heterocycles. The topological polar surface area (TPSA) is 41.5 Å². The van der Waals surface area contributed by atoms with Crippen LogP contribution in [0.4, 0.5) is 0 Å². The molecule has 1 aromatic carbocycles. The maximum Gasteiger partial charge on any atom is 0.126 e. The Balaban J connectivity index is 1.52. The van der Waals surface area contributed by atoms with Crippen molar-refractivity contribution in [1.82, 2.24) is 5.32 Å². The Morgan fingerprint density at radius 3 is 2.84 bits per heavy atom. The fourth-order valence-corrected chi connectivity index (χ4v) is 3.16. The fourth-order valence-electron chi connectivity index (χ4n) is 3.16. The van der Waals surface area contributed by atoms with Crippen LogP contribution in [0.2, 0.25) is 0 Å². The van der Waals surface area contributed by atoms with Crippen molar-refractivity contribution in [1.29, 1.82) is 0 Å². The Hall–Kier alpha value is -1.06. The largest absolute Gasteiger partial charge is 0.487 e. The van der Waals surface area contributed by atoms with Gasteiger partial charge in [-0.15, -0.1) is 0 Å². The molecule has 3 nitrogen and oxygen atoms in total. The zero-order valence-electron chi connectivity index (χ0n) is 11.3. The van der Waals surface area contributed by atoms with Crippen molar-refractivity contribution in [2.24, 2.45) is 0 Å². The summed E-state index contributed by atoms with van der Waals surface area (Å²) in [7, 11) is 0. The van der Waals surface area contributed by atoms with Gasteiger partial charge in [-0.1, -0.05) is 31.0 Å². The first-order valence-corrected chi connectivity index (χ1v) is 7.49. The van der Waals surface area contributed by atoms with Crippen LogP contribution in [0.1, 0.15) is 37.7 Å². The third-order valence-electron chi connectivity index (χ3n) is 4.35. The van der Waals surface area contributed by atoms with E-state index in [1.54, 1.807) is 0 Å². The van der Waals surface area contributed by atoms with Gasteiger partial charge in [0.25, 0.3) is 0 Å². The molecule has 0 saturated heterocycles. The standard InChI is InChI=1S/C16H23NO2/c18-14(11-17-13-6-2-3-7-13)16-10-9-12-5-1-4-8-15(12)19-16/h1,4-5,8,13-14,16-18H,2-3,6-7,9-11H2/t14-,16-/m1/s1. The summed E-state index contributed by atoms with van der Waals surface area (Å²) in [5.74, 6) is 0.943. The van der Waals surface area contributed by atoms with Crippen molar-refractivity contribution in [3.8, 4) is 5.75 Å². The summed E-state index contributed by atoms with van der Waals surface area (Å²) in [4.78, 5) is 0. The lowest BCUT2D eigenvalue weighted by Gasteiger charge is -2.30. The van der Waals surface area contributed by atoms with Gasteiger partial charge in [0.2, 0.25) is 0 Å². The first kappa shape index (κ1) is 12.9. The lowest BCUT2D eigenvalue weighted by atomic mass is 9.99. The highest BCUT2D eigenvalue weighted by Gasteiger charge is 2.26. The van der Waals surface area contributed by atoms with Crippen LogP contribution in [-0.2, 0) is 6.42 Å². The molecule has 1 aliphatic carbocycles. The molecule has 104 valence electrons. The number of hydrogen-bond donors (Lipinski definition) is 2. The smallest absolute Gasteiger partial charge is 0.126 e. The summed E-state index contributed by atoms with van der Waals surface area (Å²) in [6.07, 6.45) is 6.58. The van der Waals surface area contributed by atoms with Gasteiger partial charge < -0.3 is 15.2 Å². The average molecular weight is 261 g/mol. The number of fused-ring (bicyclic) bond motifs is 1. The number of nitrogens with one attached hydrogen (secondary N) is 1. The summed E-state index contributed by atoms with van der Waals surface area (Å²) in [5.41, 5.74) is 1.26. The highest BCUT2D eigenvalue weighted by atomic mass is 16.5. The minimum absolute atomic E-state index is 0.0659. The van der Waals surface area contributed by atoms with E-state index in [-0.39, 0.29) is 6.10 Å². The van der Waals surface area contributed by atoms with E-state index in [9.17, 15) is 5.11 Å². The SMILES string of the molecule is O[C@H](CNC1CCCC1)[C@H]1CCc2ccccc2O1. The number of hydrogen-bond acceptors (Lipinski definition) is 3. The number of aliphatic hydroxyl groups is 1. The van der Waals surface area contributed by atoms with Crippen LogP contribution in [0, 0.1) is 0 Å². The van der Waals surface area contributed by atoms with Crippen LogP contribution in [0.5, 0.6) is 5.75 Å². The van der Waals surface area contributed by atoms with Gasteiger partial charge >= 0.3 is 0 Å². The minimum atomic E-state index is -0.408. The Morgan fingerprint density at radius 1 is 1.21 bits per heavy atom. The molecule has 1 saturated carbocycles. The van der Waals surface area contributed by atoms with Gasteiger partial charge in [0.1, 0.15) is 18.0 Å². The average Bonchev–Trinajstić information content (AvgIpc) is 2.97. The summed E-state index contributed by atoms with van der Waals surface area (Å²) < 4.78 is 5.92. The molecule has 0 amide bonds. The quantitative estimate of drug-likeness (QED) is 0.873. The van der Waals surface area contributed by atoms with Crippen molar-refractivity contribution < 1.29 is 9.84 Å². The van der Waals surface area contributed by atoms with Gasteiger partial charge in [0, 0.05) is 12.6 Å². The number of aryl methyl sites for hydroxylation is 1. The molecule has 3 heteroatoms. The molecular weight excluding hydrogens is 238 g/mol. The number of para-hydroxylation sites is 1. The maximum absolute atomic E-state index is 10.3. The number of benzene rings is 1. The van der Waals surface area contributed by atoms with E-state index in [1.807, 2.05) is 18.2 Å². The second kappa shape index (κ2) is 5.93. The van der Waals surface area contributed by atoms with E-state index in [2.05, 4.69) is 11.4 Å². The predicted molar refractivity (Wildman–Crippen MR) is 75.4 cm³/mol. The Kier molecular flexibility index (Phi) is 4.04. The second-order valence-corrected chi connectivity index (χ2v) is 5.76. The van der Waals surface area contributed by atoms with Crippen LogP contribution in [0.15, 0.2) is 24.3 Å². The Labute approximate surface area is 115 Å². The zero-order chi connectivity index (χ0) is 13.1. The summed E-state index contributed by atoms with van der Waals surface area (Å²) in [6.45, 7) is 0.650. The van der Waals surface area contributed by atoms with Crippen LogP contribution in [0.25, 0.3) is 0 Å². The lowest BCUT2D eigenvalue weighted by Crippen LogP contribution is -2.43. The molecule has 3 rings (SSSR count). The summed E-state index contributed by atoms with van der Waals surface area (Å²) >= 11 is 0. The van der Waals surface area contributed by atoms with Crippen molar-refractivity contribution in [3.05, 3.63) is 29.8 Å². The lowest BCUT2D eigenvalue weighted by molar-refractivity contribution is 0.0231. The molecule has 0 bridgehead atoms. The van der Waals surface area contributed by atoms with Gasteiger partial charge in [0.05, 0.1) is 0 Å². The second-order valence-electron chi connectivity index (χ2n) is 5.76. The monoisotopic (exact) mass is 261 g/mol. The molecule has 0 spiro atoms. The molecule has 1 aromatic rings. The van der Waals surface area contributed by atoms with Crippen LogP contribution < -0.4 is 10.1 Å². The van der Waals surface area contributed by atoms with Crippen LogP contribution in [0.3, 0.4) is 0 Å². The van der Waals surface area contributed by atoms with Gasteiger partial charge in [0.15, 0.2) is 0 Å². The van der Waals surface area contributed by atoms with Gasteiger partial charge in [-0.2, -0.15) is 0 Å². The van der Waals surface area contributed by atoms with E-state index in [1.165, 1.54) is 31.2 Å². The van der Waals surface area contributed by atoms with E-state index >= 15 is 0 Å². The first-order chi connectivity index (χ1) is 9.33. The fraction of sp³-hybridized carbons (Fsp3) is 0.625. The Morgan fingerprint density at radius 2 is 2.00 bits per heavy atom. The van der Waals surface area contributed by atoms with E-state index < -0.39 is 6.10 Å². The van der Waals surface area contributed by atoms with Crippen molar-refractivity contribution in [3.63, 3.8) is 0 Å². The van der Waals surface area contributed by atoms with Crippen molar-refractivity contribution in [2.45, 2.75) is 56.8 Å². The van der Waals surface area contributed by atoms with Crippen LogP contribution in [-0.4, -0.2) is 29.9 Å². The van der Waals surface area contributed by atoms with Gasteiger partial charge in [-0.3, -0.25) is 0 Å².